The molecule has 0 bridgehead atoms. The lowest BCUT2D eigenvalue weighted by Gasteiger charge is -2.14. The molecule has 0 fully saturated rings. The van der Waals surface area contributed by atoms with Crippen molar-refractivity contribution >= 4 is 0 Å². The van der Waals surface area contributed by atoms with E-state index in [2.05, 4.69) is 50.4 Å². The molecule has 0 spiro atoms. The summed E-state index contributed by atoms with van der Waals surface area (Å²) in [5, 5.41) is 3.62. The fraction of sp³-hybridized carbons (Fsp3) is 0.625. The van der Waals surface area contributed by atoms with Gasteiger partial charge in [0.2, 0.25) is 0 Å². The molecule has 1 nitrogen and oxygen atoms in total. The Morgan fingerprint density at radius 1 is 1.18 bits per heavy atom. The highest BCUT2D eigenvalue weighted by Gasteiger charge is 2.01. The maximum atomic E-state index is 3.62. The quantitative estimate of drug-likeness (QED) is 0.667. The lowest BCUT2D eigenvalue weighted by Crippen LogP contribution is -2.28. The molecule has 1 aromatic rings. The second kappa shape index (κ2) is 8.30. The van der Waals surface area contributed by atoms with Crippen molar-refractivity contribution in [1.82, 2.24) is 5.32 Å². The van der Waals surface area contributed by atoms with E-state index in [1.54, 1.807) is 0 Å². The molecule has 0 aliphatic heterocycles. The van der Waals surface area contributed by atoms with Gasteiger partial charge in [-0.05, 0) is 44.4 Å². The van der Waals surface area contributed by atoms with Gasteiger partial charge in [0.1, 0.15) is 0 Å². The Morgan fingerprint density at radius 2 is 1.94 bits per heavy atom. The van der Waals surface area contributed by atoms with E-state index in [0.717, 1.165) is 13.0 Å². The van der Waals surface area contributed by atoms with Crippen molar-refractivity contribution in [3.8, 4) is 0 Å². The van der Waals surface area contributed by atoms with Crippen LogP contribution in [0.25, 0.3) is 0 Å². The van der Waals surface area contributed by atoms with Crippen LogP contribution >= 0.6 is 0 Å². The van der Waals surface area contributed by atoms with Gasteiger partial charge in [0.25, 0.3) is 0 Å². The molecular formula is C16H27N. The maximum Gasteiger partial charge on any atom is 0.00388 e. The molecule has 96 valence electrons. The predicted octanol–water partition coefficient (Wildman–Crippen LogP) is 4.10. The Balaban J connectivity index is 2.17. The first-order valence-electron chi connectivity index (χ1n) is 7.02. The van der Waals surface area contributed by atoms with Crippen molar-refractivity contribution in [2.75, 3.05) is 6.54 Å². The molecule has 0 heterocycles. The van der Waals surface area contributed by atoms with Gasteiger partial charge in [-0.2, -0.15) is 0 Å². The molecule has 0 amide bonds. The van der Waals surface area contributed by atoms with Crippen LogP contribution in [0.3, 0.4) is 0 Å². The lowest BCUT2D eigenvalue weighted by molar-refractivity contribution is 0.490. The fourth-order valence-corrected chi connectivity index (χ4v) is 2.15. The molecule has 0 saturated carbocycles. The molecule has 1 atom stereocenters. The summed E-state index contributed by atoms with van der Waals surface area (Å²) in [5.41, 5.74) is 2.88. The minimum Gasteiger partial charge on any atom is -0.314 e. The second-order valence-electron chi connectivity index (χ2n) is 5.03. The predicted molar refractivity (Wildman–Crippen MR) is 76.5 cm³/mol. The van der Waals surface area contributed by atoms with E-state index in [1.165, 1.54) is 36.8 Å². The molecule has 0 aliphatic carbocycles. The van der Waals surface area contributed by atoms with Gasteiger partial charge in [0.15, 0.2) is 0 Å². The summed E-state index contributed by atoms with van der Waals surface area (Å²) in [6, 6.07) is 9.33. The number of hydrogen-bond donors (Lipinski definition) is 1. The molecule has 0 aliphatic rings. The highest BCUT2D eigenvalue weighted by molar-refractivity contribution is 5.25. The average molecular weight is 233 g/mol. The highest BCUT2D eigenvalue weighted by Crippen LogP contribution is 2.07. The van der Waals surface area contributed by atoms with E-state index in [-0.39, 0.29) is 0 Å². The fourth-order valence-electron chi connectivity index (χ4n) is 2.15. The first kappa shape index (κ1) is 14.2. The molecule has 0 aromatic heterocycles. The van der Waals surface area contributed by atoms with Crippen LogP contribution in [0.4, 0.5) is 0 Å². The van der Waals surface area contributed by atoms with Gasteiger partial charge < -0.3 is 5.32 Å². The first-order chi connectivity index (χ1) is 8.24. The molecule has 17 heavy (non-hydrogen) atoms. The van der Waals surface area contributed by atoms with Crippen LogP contribution in [0.15, 0.2) is 24.3 Å². The SMILES string of the molecule is CCCCCC(C)NCCc1ccccc1C. The molecule has 1 N–H and O–H groups in total. The monoisotopic (exact) mass is 233 g/mol. The Labute approximate surface area is 107 Å². The van der Waals surface area contributed by atoms with Crippen LogP contribution < -0.4 is 5.32 Å². The molecule has 1 rings (SSSR count). The maximum absolute atomic E-state index is 3.62. The van der Waals surface area contributed by atoms with E-state index >= 15 is 0 Å². The largest absolute Gasteiger partial charge is 0.314 e. The van der Waals surface area contributed by atoms with Crippen LogP contribution in [0.1, 0.15) is 50.7 Å². The first-order valence-corrected chi connectivity index (χ1v) is 7.02. The number of hydrogen-bond acceptors (Lipinski definition) is 1. The Bertz CT molecular complexity index is 306. The summed E-state index contributed by atoms with van der Waals surface area (Å²) in [5.74, 6) is 0. The van der Waals surface area contributed by atoms with E-state index in [9.17, 15) is 0 Å². The summed E-state index contributed by atoms with van der Waals surface area (Å²) in [4.78, 5) is 0. The molecular weight excluding hydrogens is 206 g/mol. The van der Waals surface area contributed by atoms with E-state index in [1.807, 2.05) is 0 Å². The molecule has 0 saturated heterocycles. The zero-order chi connectivity index (χ0) is 12.5. The molecule has 1 heteroatoms. The number of rotatable bonds is 8. The van der Waals surface area contributed by atoms with Gasteiger partial charge in [-0.25, -0.2) is 0 Å². The smallest absolute Gasteiger partial charge is 0.00388 e. The third kappa shape index (κ3) is 5.88. The van der Waals surface area contributed by atoms with Gasteiger partial charge in [0.05, 0.1) is 0 Å². The second-order valence-corrected chi connectivity index (χ2v) is 5.03. The minimum atomic E-state index is 0.658. The van der Waals surface area contributed by atoms with E-state index < -0.39 is 0 Å². The number of aryl methyl sites for hydroxylation is 1. The summed E-state index contributed by atoms with van der Waals surface area (Å²) in [6.07, 6.45) is 6.49. The van der Waals surface area contributed by atoms with Crippen molar-refractivity contribution in [2.24, 2.45) is 0 Å². The standard InChI is InChI=1S/C16H27N/c1-4-5-6-10-15(3)17-13-12-16-11-8-7-9-14(16)2/h7-9,11,15,17H,4-6,10,12-13H2,1-3H3. The van der Waals surface area contributed by atoms with Crippen molar-refractivity contribution in [1.29, 1.82) is 0 Å². The summed E-state index contributed by atoms with van der Waals surface area (Å²) in [6.45, 7) is 7.85. The summed E-state index contributed by atoms with van der Waals surface area (Å²) >= 11 is 0. The van der Waals surface area contributed by atoms with Crippen LogP contribution in [-0.2, 0) is 6.42 Å². The Kier molecular flexibility index (Phi) is 6.95. The number of benzene rings is 1. The summed E-state index contributed by atoms with van der Waals surface area (Å²) in [7, 11) is 0. The molecule has 0 radical (unpaired) electrons. The molecule has 1 unspecified atom stereocenters. The minimum absolute atomic E-state index is 0.658. The normalized spacial score (nSPS) is 12.6. The van der Waals surface area contributed by atoms with Gasteiger partial charge in [-0.3, -0.25) is 0 Å². The van der Waals surface area contributed by atoms with Crippen LogP contribution in [0.2, 0.25) is 0 Å². The van der Waals surface area contributed by atoms with Gasteiger partial charge in [-0.15, -0.1) is 0 Å². The third-order valence-electron chi connectivity index (χ3n) is 3.39. The zero-order valence-corrected chi connectivity index (χ0v) is 11.6. The van der Waals surface area contributed by atoms with Crippen LogP contribution in [0, 0.1) is 6.92 Å². The van der Waals surface area contributed by atoms with E-state index in [0.29, 0.717) is 6.04 Å². The lowest BCUT2D eigenvalue weighted by atomic mass is 10.1. The number of nitrogens with one attached hydrogen (secondary N) is 1. The highest BCUT2D eigenvalue weighted by atomic mass is 14.9. The molecule has 1 aromatic carbocycles. The van der Waals surface area contributed by atoms with Crippen LogP contribution in [0.5, 0.6) is 0 Å². The summed E-state index contributed by atoms with van der Waals surface area (Å²) < 4.78 is 0. The average Bonchev–Trinajstić information content (AvgIpc) is 2.32. The number of unbranched alkanes of at least 4 members (excludes halogenated alkanes) is 2. The zero-order valence-electron chi connectivity index (χ0n) is 11.6. The third-order valence-corrected chi connectivity index (χ3v) is 3.39. The van der Waals surface area contributed by atoms with Crippen molar-refractivity contribution in [3.63, 3.8) is 0 Å². The topological polar surface area (TPSA) is 12.0 Å². The van der Waals surface area contributed by atoms with Gasteiger partial charge in [0, 0.05) is 6.04 Å². The van der Waals surface area contributed by atoms with Gasteiger partial charge in [-0.1, -0.05) is 50.5 Å². The van der Waals surface area contributed by atoms with Crippen molar-refractivity contribution in [2.45, 2.75) is 58.9 Å². The van der Waals surface area contributed by atoms with Crippen molar-refractivity contribution in [3.05, 3.63) is 35.4 Å². The van der Waals surface area contributed by atoms with Crippen molar-refractivity contribution < 1.29 is 0 Å². The van der Waals surface area contributed by atoms with Crippen LogP contribution in [-0.4, -0.2) is 12.6 Å². The Morgan fingerprint density at radius 3 is 2.65 bits per heavy atom. The van der Waals surface area contributed by atoms with Gasteiger partial charge >= 0.3 is 0 Å². The Hall–Kier alpha value is -0.820. The van der Waals surface area contributed by atoms with E-state index in [4.69, 9.17) is 0 Å².